The van der Waals surface area contributed by atoms with Crippen LogP contribution in [-0.2, 0) is 23.8 Å². The Bertz CT molecular complexity index is 383. The van der Waals surface area contributed by atoms with Crippen molar-refractivity contribution < 1.29 is 23.8 Å². The molecule has 0 saturated carbocycles. The van der Waals surface area contributed by atoms with E-state index in [1.807, 2.05) is 6.92 Å². The van der Waals surface area contributed by atoms with Crippen LogP contribution >= 0.6 is 0 Å². The van der Waals surface area contributed by atoms with Crippen LogP contribution in [0.25, 0.3) is 0 Å². The molecular formula is C23H42O5. The quantitative estimate of drug-likeness (QED) is 0.205. The number of esters is 2. The number of carbonyl (C=O) groups is 2. The maximum absolute atomic E-state index is 12.0. The Morgan fingerprint density at radius 2 is 1.36 bits per heavy atom. The molecule has 0 aromatic heterocycles. The maximum Gasteiger partial charge on any atom is 0.309 e. The molecule has 0 aromatic carbocycles. The third kappa shape index (κ3) is 14.9. The molecule has 164 valence electrons. The Kier molecular flexibility index (Phi) is 18.5. The molecule has 0 rings (SSSR count). The van der Waals surface area contributed by atoms with Gasteiger partial charge in [-0.05, 0) is 19.3 Å². The van der Waals surface area contributed by atoms with Crippen molar-refractivity contribution in [2.45, 2.75) is 97.8 Å². The molecule has 5 nitrogen and oxygen atoms in total. The van der Waals surface area contributed by atoms with E-state index in [1.54, 1.807) is 6.92 Å². The van der Waals surface area contributed by atoms with Crippen molar-refractivity contribution in [1.29, 1.82) is 0 Å². The first-order valence-electron chi connectivity index (χ1n) is 11.2. The fraction of sp³-hybridized carbons (Fsp3) is 0.870. The summed E-state index contributed by atoms with van der Waals surface area (Å²) in [7, 11) is 4.91. The summed E-state index contributed by atoms with van der Waals surface area (Å²) in [6.45, 7) is 7.24. The van der Waals surface area contributed by atoms with Gasteiger partial charge >= 0.3 is 11.9 Å². The van der Waals surface area contributed by atoms with Gasteiger partial charge < -0.3 is 14.2 Å². The van der Waals surface area contributed by atoms with Gasteiger partial charge in [-0.15, -0.1) is 0 Å². The molecule has 0 bridgehead atoms. The summed E-state index contributed by atoms with van der Waals surface area (Å²) in [5.41, 5.74) is 0. The lowest BCUT2D eigenvalue weighted by molar-refractivity contribution is -0.151. The van der Waals surface area contributed by atoms with Gasteiger partial charge in [-0.1, -0.05) is 78.6 Å². The highest BCUT2D eigenvalue weighted by atomic mass is 16.6. The molecule has 2 atom stereocenters. The molecular weight excluding hydrogens is 356 g/mol. The first kappa shape index (κ1) is 26.9. The van der Waals surface area contributed by atoms with Crippen molar-refractivity contribution in [1.82, 2.24) is 0 Å². The molecule has 0 saturated heterocycles. The van der Waals surface area contributed by atoms with Gasteiger partial charge in [0.1, 0.15) is 6.61 Å². The highest BCUT2D eigenvalue weighted by Crippen LogP contribution is 2.18. The number of carbonyl (C=O) groups excluding carboxylic acids is 2. The molecule has 0 heterocycles. The van der Waals surface area contributed by atoms with Crippen LogP contribution in [0.5, 0.6) is 0 Å². The fourth-order valence-corrected chi connectivity index (χ4v) is 3.19. The van der Waals surface area contributed by atoms with Crippen molar-refractivity contribution >= 4 is 11.9 Å². The maximum atomic E-state index is 12.0. The zero-order chi connectivity index (χ0) is 21.0. The van der Waals surface area contributed by atoms with E-state index in [0.717, 1.165) is 6.42 Å². The monoisotopic (exact) mass is 398 g/mol. The standard InChI is InChI=1S/C23H42O5/c1-5-7-8-9-10-11-12-13-14-15-16-27-17-18-28-22(24)20(3)19-21(6-2)23(25)26-4/h4,20-21H,5-19H2,1-3H3. The van der Waals surface area contributed by atoms with E-state index >= 15 is 0 Å². The average molecular weight is 399 g/mol. The second-order valence-corrected chi connectivity index (χ2v) is 7.64. The Morgan fingerprint density at radius 1 is 0.786 bits per heavy atom. The predicted molar refractivity (Wildman–Crippen MR) is 112 cm³/mol. The van der Waals surface area contributed by atoms with Gasteiger partial charge in [0.15, 0.2) is 7.11 Å². The number of hydrogen-bond donors (Lipinski definition) is 0. The Labute approximate surface area is 172 Å². The summed E-state index contributed by atoms with van der Waals surface area (Å²) in [5.74, 6) is -1.54. The molecule has 0 aromatic rings. The number of unbranched alkanes of at least 4 members (excludes halogenated alkanes) is 9. The molecule has 2 radical (unpaired) electrons. The third-order valence-electron chi connectivity index (χ3n) is 5.10. The summed E-state index contributed by atoms with van der Waals surface area (Å²) in [5, 5.41) is 0. The molecule has 28 heavy (non-hydrogen) atoms. The summed E-state index contributed by atoms with van der Waals surface area (Å²) in [6.07, 6.45) is 14.0. The number of rotatable bonds is 19. The van der Waals surface area contributed by atoms with E-state index in [1.165, 1.54) is 57.8 Å². The highest BCUT2D eigenvalue weighted by Gasteiger charge is 2.24. The number of ether oxygens (including phenoxy) is 3. The van der Waals surface area contributed by atoms with Crippen molar-refractivity contribution in [3.05, 3.63) is 7.11 Å². The van der Waals surface area contributed by atoms with Crippen LogP contribution in [0.1, 0.15) is 97.8 Å². The first-order valence-corrected chi connectivity index (χ1v) is 11.2. The molecule has 0 amide bonds. The predicted octanol–water partition coefficient (Wildman–Crippen LogP) is 5.73. The molecule has 2 unspecified atom stereocenters. The highest BCUT2D eigenvalue weighted by molar-refractivity contribution is 5.75. The van der Waals surface area contributed by atoms with Crippen molar-refractivity contribution in [3.8, 4) is 0 Å². The van der Waals surface area contributed by atoms with E-state index < -0.39 is 5.97 Å². The summed E-state index contributed by atoms with van der Waals surface area (Å²) >= 11 is 0. The average Bonchev–Trinajstić information content (AvgIpc) is 2.71. The lowest BCUT2D eigenvalue weighted by Gasteiger charge is -2.16. The molecule has 0 spiro atoms. The Morgan fingerprint density at radius 3 is 1.89 bits per heavy atom. The molecule has 0 aliphatic heterocycles. The SMILES string of the molecule is [CH]OC(=O)C(CC)CC(C)C(=O)OCCOCCCCCCCCCCCC. The summed E-state index contributed by atoms with van der Waals surface area (Å²) in [4.78, 5) is 23.4. The number of hydrogen-bond acceptors (Lipinski definition) is 5. The van der Waals surface area contributed by atoms with Crippen LogP contribution in [0, 0.1) is 18.9 Å². The molecule has 5 heteroatoms. The van der Waals surface area contributed by atoms with Gasteiger partial charge in [-0.25, -0.2) is 0 Å². The van der Waals surface area contributed by atoms with E-state index in [0.29, 0.717) is 26.1 Å². The Balaban J connectivity index is 3.50. The Hall–Kier alpha value is -1.10. The lowest BCUT2D eigenvalue weighted by Crippen LogP contribution is -2.24. The topological polar surface area (TPSA) is 61.8 Å². The summed E-state index contributed by atoms with van der Waals surface area (Å²) in [6, 6.07) is 0. The molecule has 0 N–H and O–H groups in total. The van der Waals surface area contributed by atoms with Gasteiger partial charge in [0.25, 0.3) is 0 Å². The minimum Gasteiger partial charge on any atom is -0.463 e. The second-order valence-electron chi connectivity index (χ2n) is 7.64. The van der Waals surface area contributed by atoms with Crippen LogP contribution in [-0.4, -0.2) is 31.8 Å². The van der Waals surface area contributed by atoms with Gasteiger partial charge in [0.2, 0.25) is 0 Å². The van der Waals surface area contributed by atoms with Crippen molar-refractivity contribution in [3.63, 3.8) is 0 Å². The van der Waals surface area contributed by atoms with Gasteiger partial charge in [-0.3, -0.25) is 9.59 Å². The minimum atomic E-state index is -0.484. The van der Waals surface area contributed by atoms with Crippen molar-refractivity contribution in [2.24, 2.45) is 11.8 Å². The van der Waals surface area contributed by atoms with Crippen LogP contribution in [0.4, 0.5) is 0 Å². The fourth-order valence-electron chi connectivity index (χ4n) is 3.19. The first-order chi connectivity index (χ1) is 13.6. The largest absolute Gasteiger partial charge is 0.463 e. The van der Waals surface area contributed by atoms with Gasteiger partial charge in [0, 0.05) is 6.61 Å². The van der Waals surface area contributed by atoms with E-state index in [2.05, 4.69) is 11.7 Å². The van der Waals surface area contributed by atoms with E-state index in [9.17, 15) is 9.59 Å². The van der Waals surface area contributed by atoms with Crippen LogP contribution in [0.3, 0.4) is 0 Å². The molecule has 0 fully saturated rings. The van der Waals surface area contributed by atoms with Crippen LogP contribution in [0.15, 0.2) is 0 Å². The smallest absolute Gasteiger partial charge is 0.309 e. The van der Waals surface area contributed by atoms with E-state index in [4.69, 9.17) is 16.6 Å². The van der Waals surface area contributed by atoms with Crippen molar-refractivity contribution in [2.75, 3.05) is 19.8 Å². The minimum absolute atomic E-state index is 0.249. The molecule has 0 aliphatic rings. The lowest BCUT2D eigenvalue weighted by atomic mass is 9.94. The second kappa shape index (κ2) is 19.2. The normalized spacial score (nSPS) is 13.1. The van der Waals surface area contributed by atoms with Gasteiger partial charge in [-0.2, -0.15) is 0 Å². The van der Waals surface area contributed by atoms with Gasteiger partial charge in [0.05, 0.1) is 18.4 Å². The van der Waals surface area contributed by atoms with E-state index in [-0.39, 0.29) is 24.4 Å². The third-order valence-corrected chi connectivity index (χ3v) is 5.10. The zero-order valence-corrected chi connectivity index (χ0v) is 18.4. The zero-order valence-electron chi connectivity index (χ0n) is 18.4. The van der Waals surface area contributed by atoms with Crippen LogP contribution < -0.4 is 0 Å². The summed E-state index contributed by atoms with van der Waals surface area (Å²) < 4.78 is 15.0. The molecule has 0 aliphatic carbocycles. The van der Waals surface area contributed by atoms with Crippen LogP contribution in [0.2, 0.25) is 0 Å².